The number of halogens is 1. The number of amides is 2. The Kier molecular flexibility index (Phi) is 5.08. The molecule has 3 atom stereocenters. The van der Waals surface area contributed by atoms with Gasteiger partial charge in [0.1, 0.15) is 5.78 Å². The molecule has 0 saturated heterocycles. The van der Waals surface area contributed by atoms with Crippen LogP contribution in [0.4, 0.5) is 16.2 Å². The largest absolute Gasteiger partial charge is 0.465 e. The average Bonchev–Trinajstić information content (AvgIpc) is 2.98. The third kappa shape index (κ3) is 3.74. The van der Waals surface area contributed by atoms with E-state index in [1.165, 1.54) is 0 Å². The lowest BCUT2D eigenvalue weighted by Crippen LogP contribution is -2.44. The molecule has 2 aromatic rings. The van der Waals surface area contributed by atoms with Crippen molar-refractivity contribution in [3.63, 3.8) is 0 Å². The predicted molar refractivity (Wildman–Crippen MR) is 111 cm³/mol. The van der Waals surface area contributed by atoms with Gasteiger partial charge in [0, 0.05) is 35.4 Å². The Hall–Kier alpha value is -2.81. The Bertz CT molecular complexity index is 1000. The number of aryl methyl sites for hydroxylation is 1. The number of anilines is 2. The highest BCUT2D eigenvalue weighted by molar-refractivity contribution is 9.10. The fourth-order valence-electron chi connectivity index (χ4n) is 4.37. The first-order chi connectivity index (χ1) is 13.8. The third-order valence-electron chi connectivity index (χ3n) is 5.68. The highest BCUT2D eigenvalue weighted by Gasteiger charge is 2.42. The maximum absolute atomic E-state index is 13.1. The summed E-state index contributed by atoms with van der Waals surface area (Å²) in [7, 11) is 0. The van der Waals surface area contributed by atoms with Crippen molar-refractivity contribution in [1.29, 1.82) is 0 Å². The van der Waals surface area contributed by atoms with Crippen LogP contribution in [0, 0.1) is 5.92 Å². The Morgan fingerprint density at radius 2 is 2.07 bits per heavy atom. The lowest BCUT2D eigenvalue weighted by molar-refractivity contribution is -0.127. The van der Waals surface area contributed by atoms with Crippen molar-refractivity contribution < 1.29 is 19.5 Å². The molecule has 152 valence electrons. The van der Waals surface area contributed by atoms with Crippen molar-refractivity contribution in [2.75, 3.05) is 11.1 Å². The van der Waals surface area contributed by atoms with E-state index in [4.69, 9.17) is 10.8 Å². The summed E-state index contributed by atoms with van der Waals surface area (Å²) in [5, 5.41) is 14.5. The summed E-state index contributed by atoms with van der Waals surface area (Å²) in [6.45, 7) is 0.361. The Morgan fingerprint density at radius 1 is 1.28 bits per heavy atom. The molecule has 2 heterocycles. The van der Waals surface area contributed by atoms with Gasteiger partial charge in [0.15, 0.2) is 0 Å². The molecule has 0 radical (unpaired) electrons. The molecule has 8 nitrogen and oxygen atoms in total. The van der Waals surface area contributed by atoms with Crippen LogP contribution in [0.3, 0.4) is 0 Å². The number of nitrogens with two attached hydrogens (primary N) is 1. The maximum Gasteiger partial charge on any atom is 0.404 e. The Balaban J connectivity index is 1.60. The van der Waals surface area contributed by atoms with Crippen LogP contribution in [0.1, 0.15) is 30.0 Å². The number of ketones is 1. The van der Waals surface area contributed by atoms with E-state index in [1.807, 2.05) is 16.8 Å². The zero-order chi connectivity index (χ0) is 20.7. The molecule has 4 rings (SSSR count). The zero-order valence-electron chi connectivity index (χ0n) is 15.5. The number of rotatable bonds is 3. The number of carbonyl (C=O) groups is 3. The number of hydrogen-bond donors (Lipinski definition) is 4. The fraction of sp³-hybridized carbons (Fsp3) is 0.350. The molecule has 1 aliphatic carbocycles. The van der Waals surface area contributed by atoms with Crippen LogP contribution in [0.5, 0.6) is 0 Å². The molecular weight excluding hydrogens is 440 g/mol. The van der Waals surface area contributed by atoms with Crippen molar-refractivity contribution >= 4 is 45.1 Å². The van der Waals surface area contributed by atoms with Crippen LogP contribution < -0.4 is 16.4 Å². The number of nitrogens with one attached hydrogen (secondary N) is 2. The highest BCUT2D eigenvalue weighted by Crippen LogP contribution is 2.38. The lowest BCUT2D eigenvalue weighted by Gasteiger charge is -2.31. The first kappa shape index (κ1) is 19.5. The average molecular weight is 461 g/mol. The van der Waals surface area contributed by atoms with Gasteiger partial charge in [0.05, 0.1) is 23.2 Å². The van der Waals surface area contributed by atoms with E-state index < -0.39 is 24.0 Å². The summed E-state index contributed by atoms with van der Waals surface area (Å²) in [4.78, 5) is 37.2. The van der Waals surface area contributed by atoms with E-state index >= 15 is 0 Å². The SMILES string of the molecule is Nc1cc(Br)ccc1NC(=O)[C@H]1CC(=O)C2c3c(ccn3C1)CC[C@@H]2NC(=O)O. The minimum Gasteiger partial charge on any atom is -0.465 e. The molecule has 9 heteroatoms. The summed E-state index contributed by atoms with van der Waals surface area (Å²) in [6.07, 6.45) is 2.04. The van der Waals surface area contributed by atoms with Crippen LogP contribution in [-0.4, -0.2) is 33.5 Å². The van der Waals surface area contributed by atoms with Gasteiger partial charge in [-0.15, -0.1) is 0 Å². The molecule has 1 aromatic heterocycles. The Labute approximate surface area is 175 Å². The van der Waals surface area contributed by atoms with Gasteiger partial charge in [0.25, 0.3) is 0 Å². The van der Waals surface area contributed by atoms with Crippen LogP contribution in [0.15, 0.2) is 34.9 Å². The second-order valence-corrected chi connectivity index (χ2v) is 8.45. The summed E-state index contributed by atoms with van der Waals surface area (Å²) < 4.78 is 2.73. The second-order valence-electron chi connectivity index (χ2n) is 7.54. The van der Waals surface area contributed by atoms with Crippen molar-refractivity contribution in [2.45, 2.75) is 37.8 Å². The number of nitrogen functional groups attached to an aromatic ring is 1. The van der Waals surface area contributed by atoms with E-state index in [0.717, 1.165) is 15.7 Å². The number of benzene rings is 1. The fourth-order valence-corrected chi connectivity index (χ4v) is 4.75. The van der Waals surface area contributed by atoms with Crippen LogP contribution in [-0.2, 0) is 22.6 Å². The lowest BCUT2D eigenvalue weighted by atomic mass is 9.79. The van der Waals surface area contributed by atoms with Gasteiger partial charge in [-0.25, -0.2) is 4.79 Å². The van der Waals surface area contributed by atoms with Gasteiger partial charge in [-0.3, -0.25) is 9.59 Å². The number of aromatic nitrogens is 1. The van der Waals surface area contributed by atoms with Gasteiger partial charge in [-0.05, 0) is 42.7 Å². The standard InChI is InChI=1S/C20H21BrN4O4/c21-12-2-4-14(13(22)8-12)23-19(27)11-7-16(26)17-15(24-20(28)29)3-1-10-5-6-25(9-11)18(10)17/h2,4-6,8,11,15,17,24H,1,3,7,9,22H2,(H,23,27)(H,28,29)/t11-,15-,17?/m0/s1. The van der Waals surface area contributed by atoms with Gasteiger partial charge in [0.2, 0.25) is 5.91 Å². The minimum atomic E-state index is -1.14. The molecule has 1 unspecified atom stereocenters. The van der Waals surface area contributed by atoms with Crippen molar-refractivity contribution in [3.05, 3.63) is 46.2 Å². The number of carbonyl (C=O) groups excluding carboxylic acids is 2. The topological polar surface area (TPSA) is 126 Å². The van der Waals surface area contributed by atoms with E-state index in [1.54, 1.807) is 18.2 Å². The quantitative estimate of drug-likeness (QED) is 0.523. The summed E-state index contributed by atoms with van der Waals surface area (Å²) >= 11 is 3.33. The highest BCUT2D eigenvalue weighted by atomic mass is 79.9. The van der Waals surface area contributed by atoms with Crippen LogP contribution in [0.25, 0.3) is 0 Å². The first-order valence-corrected chi connectivity index (χ1v) is 10.2. The molecule has 0 spiro atoms. The number of Topliss-reactive ketones (excluding diaryl/α,β-unsaturated/α-hetero) is 1. The zero-order valence-corrected chi connectivity index (χ0v) is 17.1. The molecule has 1 aromatic carbocycles. The summed E-state index contributed by atoms with van der Waals surface area (Å²) in [5.74, 6) is -1.54. The molecular formula is C20H21BrN4O4. The van der Waals surface area contributed by atoms with Crippen molar-refractivity contribution in [1.82, 2.24) is 9.88 Å². The molecule has 5 N–H and O–H groups in total. The molecule has 29 heavy (non-hydrogen) atoms. The van der Waals surface area contributed by atoms with E-state index in [-0.39, 0.29) is 18.1 Å². The Morgan fingerprint density at radius 3 is 2.79 bits per heavy atom. The minimum absolute atomic E-state index is 0.0475. The molecule has 2 aliphatic rings. The van der Waals surface area contributed by atoms with Crippen molar-refractivity contribution in [3.8, 4) is 0 Å². The monoisotopic (exact) mass is 460 g/mol. The van der Waals surface area contributed by atoms with Gasteiger partial charge >= 0.3 is 6.09 Å². The molecule has 0 bridgehead atoms. The van der Waals surface area contributed by atoms with Crippen molar-refractivity contribution in [2.24, 2.45) is 5.92 Å². The van der Waals surface area contributed by atoms with Crippen LogP contribution in [0.2, 0.25) is 0 Å². The molecule has 0 saturated carbocycles. The normalized spacial score (nSPS) is 23.1. The second kappa shape index (κ2) is 7.55. The third-order valence-corrected chi connectivity index (χ3v) is 6.17. The molecule has 2 amide bonds. The van der Waals surface area contributed by atoms with Gasteiger partial charge in [-0.1, -0.05) is 15.9 Å². The van der Waals surface area contributed by atoms with E-state index in [0.29, 0.717) is 30.8 Å². The molecule has 1 aliphatic heterocycles. The summed E-state index contributed by atoms with van der Waals surface area (Å²) in [5.41, 5.74) is 8.77. The number of nitrogens with zero attached hydrogens (tertiary/aromatic N) is 1. The maximum atomic E-state index is 13.1. The predicted octanol–water partition coefficient (Wildman–Crippen LogP) is 2.73. The van der Waals surface area contributed by atoms with Gasteiger partial charge < -0.3 is 26.0 Å². The smallest absolute Gasteiger partial charge is 0.404 e. The molecule has 0 fully saturated rings. The van der Waals surface area contributed by atoms with Gasteiger partial charge in [-0.2, -0.15) is 0 Å². The van der Waals surface area contributed by atoms with E-state index in [2.05, 4.69) is 26.6 Å². The first-order valence-electron chi connectivity index (χ1n) is 9.39. The van der Waals surface area contributed by atoms with E-state index in [9.17, 15) is 14.4 Å². The number of hydrogen-bond acceptors (Lipinski definition) is 4. The summed E-state index contributed by atoms with van der Waals surface area (Å²) in [6, 6.07) is 6.66. The van der Waals surface area contributed by atoms with Crippen LogP contribution >= 0.6 is 15.9 Å². The number of carboxylic acid groups (broad SMARTS) is 1.